The van der Waals surface area contributed by atoms with Crippen molar-refractivity contribution in [3.63, 3.8) is 0 Å². The van der Waals surface area contributed by atoms with E-state index in [2.05, 4.69) is 0 Å². The van der Waals surface area contributed by atoms with Crippen molar-refractivity contribution in [2.75, 3.05) is 18.1 Å². The van der Waals surface area contributed by atoms with Gasteiger partial charge in [0.15, 0.2) is 0 Å². The molecule has 3 nitrogen and oxygen atoms in total. The lowest BCUT2D eigenvalue weighted by atomic mass is 10.2. The highest BCUT2D eigenvalue weighted by Gasteiger charge is 2.12. The maximum atomic E-state index is 13.0. The molecule has 0 aliphatic rings. The largest absolute Gasteiger partial charge is 0.394 e. The molecule has 0 bridgehead atoms. The molecule has 0 aliphatic carbocycles. The molecular weight excluding hydrogens is 257 g/mol. The first-order valence-corrected chi connectivity index (χ1v) is 6.52. The van der Waals surface area contributed by atoms with E-state index in [0.29, 0.717) is 6.54 Å². The summed E-state index contributed by atoms with van der Waals surface area (Å²) in [5.74, 6) is -0.295. The minimum absolute atomic E-state index is 0.289. The molecule has 0 amide bonds. The van der Waals surface area contributed by atoms with Crippen molar-refractivity contribution in [2.24, 2.45) is 0 Å². The Hall–Kier alpha value is -1.91. The Kier molecular flexibility index (Phi) is 5.09. The van der Waals surface area contributed by atoms with Gasteiger partial charge in [-0.3, -0.25) is 0 Å². The van der Waals surface area contributed by atoms with Gasteiger partial charge in [0.2, 0.25) is 0 Å². The standard InChI is InChI=1S/C16H18FNO2/c17-14-6-8-15(9-7-14)18(11-16(20)12-19)10-13-4-2-1-3-5-13/h1-9,16,19-20H,10-12H2/t16-/m1/s1. The smallest absolute Gasteiger partial charge is 0.123 e. The highest BCUT2D eigenvalue weighted by Crippen LogP contribution is 2.18. The van der Waals surface area contributed by atoms with Gasteiger partial charge in [-0.25, -0.2) is 4.39 Å². The third-order valence-electron chi connectivity index (χ3n) is 3.05. The molecule has 0 unspecified atom stereocenters. The predicted octanol–water partition coefficient (Wildman–Crippen LogP) is 2.19. The summed E-state index contributed by atoms with van der Waals surface area (Å²) in [7, 11) is 0. The SMILES string of the molecule is OC[C@H](O)CN(Cc1ccccc1)c1ccc(F)cc1. The maximum Gasteiger partial charge on any atom is 0.123 e. The van der Waals surface area contributed by atoms with Gasteiger partial charge < -0.3 is 15.1 Å². The van der Waals surface area contributed by atoms with E-state index < -0.39 is 6.10 Å². The number of benzene rings is 2. The van der Waals surface area contributed by atoms with Gasteiger partial charge in [-0.15, -0.1) is 0 Å². The Balaban J connectivity index is 2.18. The minimum Gasteiger partial charge on any atom is -0.394 e. The molecule has 2 N–H and O–H groups in total. The molecule has 2 rings (SSSR count). The number of aliphatic hydroxyl groups excluding tert-OH is 2. The lowest BCUT2D eigenvalue weighted by Crippen LogP contribution is -2.34. The van der Waals surface area contributed by atoms with Crippen LogP contribution in [0.5, 0.6) is 0 Å². The predicted molar refractivity (Wildman–Crippen MR) is 77.0 cm³/mol. The Morgan fingerprint density at radius 3 is 2.25 bits per heavy atom. The Morgan fingerprint density at radius 1 is 1.00 bits per heavy atom. The zero-order valence-corrected chi connectivity index (χ0v) is 11.1. The summed E-state index contributed by atoms with van der Waals surface area (Å²) in [6.45, 7) is 0.576. The zero-order chi connectivity index (χ0) is 14.4. The molecule has 2 aromatic rings. The monoisotopic (exact) mass is 275 g/mol. The highest BCUT2D eigenvalue weighted by atomic mass is 19.1. The summed E-state index contributed by atoms with van der Waals surface area (Å²) in [6.07, 6.45) is -0.830. The van der Waals surface area contributed by atoms with Gasteiger partial charge in [0, 0.05) is 18.8 Å². The van der Waals surface area contributed by atoms with E-state index in [1.807, 2.05) is 35.2 Å². The first kappa shape index (κ1) is 14.5. The number of halogens is 1. The van der Waals surface area contributed by atoms with Crippen LogP contribution in [0.3, 0.4) is 0 Å². The van der Waals surface area contributed by atoms with E-state index in [4.69, 9.17) is 5.11 Å². The number of anilines is 1. The average Bonchev–Trinajstić information content (AvgIpc) is 2.48. The third kappa shape index (κ3) is 4.05. The van der Waals surface area contributed by atoms with Crippen LogP contribution in [0.25, 0.3) is 0 Å². The molecule has 0 radical (unpaired) electrons. The van der Waals surface area contributed by atoms with Crippen LogP contribution in [0, 0.1) is 5.82 Å². The second-order valence-electron chi connectivity index (χ2n) is 4.68. The van der Waals surface area contributed by atoms with Gasteiger partial charge in [0.25, 0.3) is 0 Å². The van der Waals surface area contributed by atoms with E-state index in [-0.39, 0.29) is 19.0 Å². The van der Waals surface area contributed by atoms with E-state index >= 15 is 0 Å². The van der Waals surface area contributed by atoms with Crippen molar-refractivity contribution in [3.05, 3.63) is 66.0 Å². The Labute approximate surface area is 117 Å². The first-order chi connectivity index (χ1) is 9.69. The minimum atomic E-state index is -0.830. The van der Waals surface area contributed by atoms with Crippen LogP contribution in [0.1, 0.15) is 5.56 Å². The molecule has 2 aromatic carbocycles. The summed E-state index contributed by atoms with van der Waals surface area (Å²) in [4.78, 5) is 1.91. The van der Waals surface area contributed by atoms with Gasteiger partial charge in [-0.2, -0.15) is 0 Å². The molecule has 0 saturated heterocycles. The number of hydrogen-bond acceptors (Lipinski definition) is 3. The fourth-order valence-electron chi connectivity index (χ4n) is 2.03. The van der Waals surface area contributed by atoms with E-state index in [1.54, 1.807) is 12.1 Å². The quantitative estimate of drug-likeness (QED) is 0.849. The van der Waals surface area contributed by atoms with Crippen molar-refractivity contribution < 1.29 is 14.6 Å². The van der Waals surface area contributed by atoms with Gasteiger partial charge in [0.05, 0.1) is 12.7 Å². The lowest BCUT2D eigenvalue weighted by molar-refractivity contribution is 0.0996. The number of hydrogen-bond donors (Lipinski definition) is 2. The molecule has 0 fully saturated rings. The molecule has 1 atom stereocenters. The summed E-state index contributed by atoms with van der Waals surface area (Å²) in [5.41, 5.74) is 1.89. The van der Waals surface area contributed by atoms with E-state index in [0.717, 1.165) is 11.3 Å². The zero-order valence-electron chi connectivity index (χ0n) is 11.1. The van der Waals surface area contributed by atoms with Crippen LogP contribution in [0.15, 0.2) is 54.6 Å². The average molecular weight is 275 g/mol. The molecule has 106 valence electrons. The molecule has 20 heavy (non-hydrogen) atoms. The van der Waals surface area contributed by atoms with E-state index in [9.17, 15) is 9.50 Å². The number of nitrogens with zero attached hydrogens (tertiary/aromatic N) is 1. The molecule has 0 aromatic heterocycles. The number of aliphatic hydroxyl groups is 2. The third-order valence-corrected chi connectivity index (χ3v) is 3.05. The second kappa shape index (κ2) is 7.03. The van der Waals surface area contributed by atoms with Crippen LogP contribution in [0.4, 0.5) is 10.1 Å². The molecular formula is C16H18FNO2. The van der Waals surface area contributed by atoms with Crippen molar-refractivity contribution in [1.29, 1.82) is 0 Å². The summed E-state index contributed by atoms with van der Waals surface area (Å²) >= 11 is 0. The van der Waals surface area contributed by atoms with Crippen LogP contribution in [-0.4, -0.2) is 29.5 Å². The molecule has 0 heterocycles. The van der Waals surface area contributed by atoms with Gasteiger partial charge in [-0.1, -0.05) is 30.3 Å². The van der Waals surface area contributed by atoms with Crippen LogP contribution in [-0.2, 0) is 6.54 Å². The molecule has 4 heteroatoms. The van der Waals surface area contributed by atoms with Crippen molar-refractivity contribution in [3.8, 4) is 0 Å². The number of rotatable bonds is 6. The topological polar surface area (TPSA) is 43.7 Å². The first-order valence-electron chi connectivity index (χ1n) is 6.52. The lowest BCUT2D eigenvalue weighted by Gasteiger charge is -2.27. The highest BCUT2D eigenvalue weighted by molar-refractivity contribution is 5.47. The Morgan fingerprint density at radius 2 is 1.65 bits per heavy atom. The second-order valence-corrected chi connectivity index (χ2v) is 4.68. The van der Waals surface area contributed by atoms with Crippen molar-refractivity contribution in [2.45, 2.75) is 12.6 Å². The summed E-state index contributed by atoms with van der Waals surface area (Å²) in [5, 5.41) is 18.7. The Bertz CT molecular complexity index is 516. The molecule has 0 aliphatic heterocycles. The van der Waals surface area contributed by atoms with Crippen LogP contribution in [0.2, 0.25) is 0 Å². The van der Waals surface area contributed by atoms with E-state index in [1.165, 1.54) is 12.1 Å². The molecule has 0 saturated carbocycles. The van der Waals surface area contributed by atoms with Gasteiger partial charge in [0.1, 0.15) is 5.82 Å². The van der Waals surface area contributed by atoms with Crippen molar-refractivity contribution >= 4 is 5.69 Å². The van der Waals surface area contributed by atoms with Gasteiger partial charge in [-0.05, 0) is 29.8 Å². The van der Waals surface area contributed by atoms with Crippen LogP contribution < -0.4 is 4.90 Å². The summed E-state index contributed by atoms with van der Waals surface area (Å²) in [6, 6.07) is 15.9. The normalized spacial score (nSPS) is 12.2. The van der Waals surface area contributed by atoms with Crippen molar-refractivity contribution in [1.82, 2.24) is 0 Å². The van der Waals surface area contributed by atoms with Crippen LogP contribution >= 0.6 is 0 Å². The fourth-order valence-corrected chi connectivity index (χ4v) is 2.03. The summed E-state index contributed by atoms with van der Waals surface area (Å²) < 4.78 is 13.0. The fraction of sp³-hybridized carbons (Fsp3) is 0.250. The molecule has 0 spiro atoms. The van der Waals surface area contributed by atoms with Gasteiger partial charge >= 0.3 is 0 Å². The maximum absolute atomic E-state index is 13.0.